The summed E-state index contributed by atoms with van der Waals surface area (Å²) in [7, 11) is -3.60. The molecule has 1 aromatic carbocycles. The summed E-state index contributed by atoms with van der Waals surface area (Å²) in [6.45, 7) is 4.00. The van der Waals surface area contributed by atoms with Crippen molar-refractivity contribution in [2.24, 2.45) is 9.98 Å². The molecule has 1 aliphatic heterocycles. The Bertz CT molecular complexity index is 834. The number of hydrogen-bond donors (Lipinski definition) is 1. The smallest absolute Gasteiger partial charge is 0.261 e. The van der Waals surface area contributed by atoms with E-state index in [0.717, 1.165) is 24.1 Å². The highest BCUT2D eigenvalue weighted by atomic mass is 32.2. The van der Waals surface area contributed by atoms with Crippen molar-refractivity contribution in [2.45, 2.75) is 43.7 Å². The maximum absolute atomic E-state index is 12.5. The van der Waals surface area contributed by atoms with E-state index in [4.69, 9.17) is 0 Å². The molecule has 126 valence electrons. The largest absolute Gasteiger partial charge is 0.281 e. The topological polar surface area (TPSA) is 70.9 Å². The number of hydrogen-bond acceptors (Lipinski definition) is 4. The maximum atomic E-state index is 12.5. The lowest BCUT2D eigenvalue weighted by Gasteiger charge is -2.23. The van der Waals surface area contributed by atoms with E-state index in [-0.39, 0.29) is 17.0 Å². The van der Waals surface area contributed by atoms with Crippen LogP contribution in [0.4, 0.5) is 0 Å². The molecule has 2 aliphatic rings. The molecule has 0 aromatic heterocycles. The summed E-state index contributed by atoms with van der Waals surface area (Å²) < 4.78 is 27.7. The van der Waals surface area contributed by atoms with Gasteiger partial charge in [0.05, 0.1) is 22.7 Å². The van der Waals surface area contributed by atoms with Gasteiger partial charge < -0.3 is 0 Å². The van der Waals surface area contributed by atoms with E-state index in [2.05, 4.69) is 21.6 Å². The molecule has 0 radical (unpaired) electrons. The molecule has 24 heavy (non-hydrogen) atoms. The van der Waals surface area contributed by atoms with Gasteiger partial charge in [-0.1, -0.05) is 31.6 Å². The molecule has 1 N–H and O–H groups in total. The molecule has 1 heterocycles. The summed E-state index contributed by atoms with van der Waals surface area (Å²) in [6.07, 6.45) is 9.14. The lowest BCUT2D eigenvalue weighted by molar-refractivity contribution is 0.588. The van der Waals surface area contributed by atoms with E-state index in [1.165, 1.54) is 0 Å². The predicted molar refractivity (Wildman–Crippen MR) is 97.2 cm³/mol. The highest BCUT2D eigenvalue weighted by Crippen LogP contribution is 2.20. The number of rotatable bonds is 5. The summed E-state index contributed by atoms with van der Waals surface area (Å²) in [5.74, 6) is 0. The molecule has 2 atom stereocenters. The van der Waals surface area contributed by atoms with Crippen molar-refractivity contribution in [3.63, 3.8) is 0 Å². The number of benzene rings is 1. The molecule has 0 amide bonds. The fourth-order valence-corrected chi connectivity index (χ4v) is 3.83. The van der Waals surface area contributed by atoms with Crippen LogP contribution in [0.15, 0.2) is 63.1 Å². The Morgan fingerprint density at radius 2 is 1.92 bits per heavy atom. The zero-order chi connectivity index (χ0) is 17.2. The lowest BCUT2D eigenvalue weighted by Crippen LogP contribution is -2.31. The van der Waals surface area contributed by atoms with Crippen LogP contribution in [-0.2, 0) is 16.4 Å². The average Bonchev–Trinajstić information content (AvgIpc) is 2.55. The molecular formula is C18H21N3O2S. The quantitative estimate of drug-likeness (QED) is 0.893. The number of nitrogens with one attached hydrogen (secondary N) is 1. The van der Waals surface area contributed by atoms with E-state index >= 15 is 0 Å². The Labute approximate surface area is 143 Å². The van der Waals surface area contributed by atoms with Crippen molar-refractivity contribution in [3.8, 4) is 0 Å². The molecule has 6 heteroatoms. The fraction of sp³-hybridized carbons (Fsp3) is 0.333. The zero-order valence-electron chi connectivity index (χ0n) is 13.8. The van der Waals surface area contributed by atoms with Gasteiger partial charge in [-0.2, -0.15) is 0 Å². The van der Waals surface area contributed by atoms with Crippen LogP contribution in [0.1, 0.15) is 25.8 Å². The molecule has 2 unspecified atom stereocenters. The van der Waals surface area contributed by atoms with Crippen LogP contribution < -0.4 is 4.72 Å². The summed E-state index contributed by atoms with van der Waals surface area (Å²) in [5, 5.41) is 0. The number of aryl methyl sites for hydroxylation is 1. The van der Waals surface area contributed by atoms with E-state index < -0.39 is 10.0 Å². The van der Waals surface area contributed by atoms with Crippen LogP contribution >= 0.6 is 0 Å². The monoisotopic (exact) mass is 343 g/mol. The molecule has 1 aliphatic carbocycles. The molecule has 5 nitrogen and oxygen atoms in total. The average molecular weight is 343 g/mol. The Kier molecular flexibility index (Phi) is 4.66. The van der Waals surface area contributed by atoms with Crippen LogP contribution in [0, 0.1) is 0 Å². The van der Waals surface area contributed by atoms with Crippen molar-refractivity contribution >= 4 is 21.9 Å². The van der Waals surface area contributed by atoms with Crippen LogP contribution in [0.5, 0.6) is 0 Å². The Morgan fingerprint density at radius 3 is 2.62 bits per heavy atom. The van der Waals surface area contributed by atoms with Gasteiger partial charge in [-0.25, -0.2) is 8.42 Å². The molecule has 0 saturated carbocycles. The molecule has 3 rings (SSSR count). The normalized spacial score (nSPS) is 22.6. The second kappa shape index (κ2) is 6.73. The van der Waals surface area contributed by atoms with Crippen LogP contribution in [0.2, 0.25) is 0 Å². The molecule has 0 bridgehead atoms. The summed E-state index contributed by atoms with van der Waals surface area (Å²) in [4.78, 5) is 9.14. The zero-order valence-corrected chi connectivity index (χ0v) is 14.6. The van der Waals surface area contributed by atoms with Gasteiger partial charge in [0, 0.05) is 11.9 Å². The van der Waals surface area contributed by atoms with Crippen LogP contribution in [-0.4, -0.2) is 32.4 Å². The number of aliphatic imine (C=N–C) groups is 2. The number of nitrogens with zero attached hydrogens (tertiary/aromatic N) is 2. The van der Waals surface area contributed by atoms with Gasteiger partial charge >= 0.3 is 0 Å². The molecule has 1 aromatic rings. The Hall–Kier alpha value is -2.21. The number of allylic oxidation sites excluding steroid dienone is 1. The van der Waals surface area contributed by atoms with E-state index in [0.29, 0.717) is 5.70 Å². The molecular weight excluding hydrogens is 322 g/mol. The fourth-order valence-electron chi connectivity index (χ4n) is 2.77. The summed E-state index contributed by atoms with van der Waals surface area (Å²) in [6, 6.07) is 6.83. The van der Waals surface area contributed by atoms with Gasteiger partial charge in [-0.15, -0.1) is 0 Å². The number of sulfonamides is 1. The van der Waals surface area contributed by atoms with Crippen LogP contribution in [0.3, 0.4) is 0 Å². The molecule has 0 saturated heterocycles. The van der Waals surface area contributed by atoms with Crippen molar-refractivity contribution in [1.29, 1.82) is 0 Å². The highest BCUT2D eigenvalue weighted by Gasteiger charge is 2.24. The number of fused-ring (bicyclic) bond motifs is 1. The minimum absolute atomic E-state index is 0.0448. The first-order valence-electron chi connectivity index (χ1n) is 8.07. The Morgan fingerprint density at radius 1 is 1.17 bits per heavy atom. The standard InChI is InChI=1S/C18H21N3O2S/c1-3-4-14-5-8-16(9-6-14)24(22,23)21-15-7-10-17-18(11-15)19-12-13(2)20-17/h5-12,17-18,21H,3-4H2,1-2H3. The van der Waals surface area contributed by atoms with E-state index in [1.54, 1.807) is 30.5 Å². The van der Waals surface area contributed by atoms with E-state index in [1.807, 2.05) is 25.1 Å². The third-order valence-electron chi connectivity index (χ3n) is 3.98. The predicted octanol–water partition coefficient (Wildman–Crippen LogP) is 2.65. The molecule has 0 fully saturated rings. The lowest BCUT2D eigenvalue weighted by atomic mass is 10.0. The van der Waals surface area contributed by atoms with E-state index in [9.17, 15) is 8.42 Å². The molecule has 0 spiro atoms. The van der Waals surface area contributed by atoms with Gasteiger partial charge in [-0.05, 0) is 43.2 Å². The minimum atomic E-state index is -3.60. The van der Waals surface area contributed by atoms with Gasteiger partial charge in [-0.3, -0.25) is 14.7 Å². The minimum Gasteiger partial charge on any atom is -0.281 e. The summed E-state index contributed by atoms with van der Waals surface area (Å²) >= 11 is 0. The second-order valence-electron chi connectivity index (χ2n) is 6.01. The van der Waals surface area contributed by atoms with Crippen molar-refractivity contribution in [2.75, 3.05) is 0 Å². The summed E-state index contributed by atoms with van der Waals surface area (Å²) in [5.41, 5.74) is 2.55. The first-order valence-corrected chi connectivity index (χ1v) is 9.55. The van der Waals surface area contributed by atoms with Crippen molar-refractivity contribution in [1.82, 2.24) is 4.72 Å². The second-order valence-corrected chi connectivity index (χ2v) is 7.69. The van der Waals surface area contributed by atoms with Crippen molar-refractivity contribution in [3.05, 3.63) is 53.8 Å². The van der Waals surface area contributed by atoms with Gasteiger partial charge in [0.25, 0.3) is 10.0 Å². The first kappa shape index (κ1) is 16.6. The first-order chi connectivity index (χ1) is 11.5. The van der Waals surface area contributed by atoms with Gasteiger partial charge in [0.2, 0.25) is 0 Å². The Balaban J connectivity index is 1.75. The SMILES string of the molecule is CCCc1ccc(S(=O)(=O)NC2=CC3N=CC(C)=NC3C=C2)cc1. The third kappa shape index (κ3) is 3.64. The van der Waals surface area contributed by atoms with Gasteiger partial charge in [0.1, 0.15) is 0 Å². The van der Waals surface area contributed by atoms with Crippen molar-refractivity contribution < 1.29 is 8.42 Å². The van der Waals surface area contributed by atoms with Crippen LogP contribution in [0.25, 0.3) is 0 Å². The highest BCUT2D eigenvalue weighted by molar-refractivity contribution is 7.89. The maximum Gasteiger partial charge on any atom is 0.261 e. The van der Waals surface area contributed by atoms with Gasteiger partial charge in [0.15, 0.2) is 0 Å². The third-order valence-corrected chi connectivity index (χ3v) is 5.38.